The molecular formula is C21H12ClNOS. The molecule has 0 atom stereocenters. The van der Waals surface area contributed by atoms with E-state index in [0.717, 1.165) is 37.1 Å². The maximum atomic E-state index is 13.1. The molecule has 2 heterocycles. The zero-order chi connectivity index (χ0) is 17.0. The second-order valence-electron chi connectivity index (χ2n) is 5.91. The standard InChI is InChI=1S/C21H12ClNOS/c22-16-10-4-3-9-15(16)20-19-13-7-1-2-8-14(13)21(24)23(19)17-11-5-6-12-18(17)25-20/h1-12H. The molecule has 0 spiro atoms. The number of halogens is 1. The van der Waals surface area contributed by atoms with E-state index in [0.29, 0.717) is 5.02 Å². The third-order valence-electron chi connectivity index (χ3n) is 4.49. The summed E-state index contributed by atoms with van der Waals surface area (Å²) in [6, 6.07) is 23.6. The van der Waals surface area contributed by atoms with Crippen LogP contribution in [0.15, 0.2) is 77.6 Å². The van der Waals surface area contributed by atoms with Gasteiger partial charge in [0.2, 0.25) is 0 Å². The highest BCUT2D eigenvalue weighted by Gasteiger charge is 2.22. The predicted molar refractivity (Wildman–Crippen MR) is 107 cm³/mol. The van der Waals surface area contributed by atoms with Crippen molar-refractivity contribution in [2.75, 3.05) is 0 Å². The molecule has 0 radical (unpaired) electrons. The van der Waals surface area contributed by atoms with Gasteiger partial charge < -0.3 is 0 Å². The number of aromatic nitrogens is 1. The van der Waals surface area contributed by atoms with Crippen molar-refractivity contribution in [3.63, 3.8) is 0 Å². The number of hydrogen-bond donors (Lipinski definition) is 0. The molecule has 3 aromatic carbocycles. The van der Waals surface area contributed by atoms with Gasteiger partial charge in [-0.25, -0.2) is 0 Å². The van der Waals surface area contributed by atoms with E-state index >= 15 is 0 Å². The van der Waals surface area contributed by atoms with Gasteiger partial charge in [0.1, 0.15) is 0 Å². The molecule has 2 aliphatic heterocycles. The lowest BCUT2D eigenvalue weighted by Gasteiger charge is -2.15. The molecule has 5 rings (SSSR count). The number of nitrogens with zero attached hydrogens (tertiary/aromatic N) is 1. The van der Waals surface area contributed by atoms with E-state index in [-0.39, 0.29) is 5.56 Å². The molecule has 0 unspecified atom stereocenters. The Morgan fingerprint density at radius 1 is 0.800 bits per heavy atom. The highest BCUT2D eigenvalue weighted by Crippen LogP contribution is 2.42. The maximum Gasteiger partial charge on any atom is 0.263 e. The van der Waals surface area contributed by atoms with Crippen molar-refractivity contribution < 1.29 is 0 Å². The molecule has 0 fully saturated rings. The van der Waals surface area contributed by atoms with Gasteiger partial charge in [-0.1, -0.05) is 60.1 Å². The van der Waals surface area contributed by atoms with Crippen molar-refractivity contribution in [3.05, 3.63) is 88.2 Å². The second-order valence-corrected chi connectivity index (χ2v) is 7.37. The van der Waals surface area contributed by atoms with Gasteiger partial charge >= 0.3 is 0 Å². The van der Waals surface area contributed by atoms with E-state index in [9.17, 15) is 4.79 Å². The Balaban J connectivity index is 2.08. The Hall–Kier alpha value is -2.62. The molecule has 4 heteroatoms. The number of fused-ring (bicyclic) bond motifs is 5. The summed E-state index contributed by atoms with van der Waals surface area (Å²) in [7, 11) is 0. The lowest BCUT2D eigenvalue weighted by molar-refractivity contribution is 1.10. The normalized spacial score (nSPS) is 11.6. The first-order chi connectivity index (χ1) is 12.3. The van der Waals surface area contributed by atoms with E-state index < -0.39 is 0 Å². The van der Waals surface area contributed by atoms with Gasteiger partial charge in [-0.05, 0) is 24.3 Å². The largest absolute Gasteiger partial charge is 0.273 e. The lowest BCUT2D eigenvalue weighted by Crippen LogP contribution is -2.13. The topological polar surface area (TPSA) is 22.0 Å². The summed E-state index contributed by atoms with van der Waals surface area (Å²) in [5.74, 6) is 0. The van der Waals surface area contributed by atoms with Gasteiger partial charge in [0.05, 0.1) is 20.8 Å². The number of benzene rings is 3. The van der Waals surface area contributed by atoms with E-state index in [1.165, 1.54) is 0 Å². The van der Waals surface area contributed by atoms with Gasteiger partial charge in [-0.15, -0.1) is 11.3 Å². The average molecular weight is 362 g/mol. The second kappa shape index (κ2) is 5.45. The molecule has 0 saturated carbocycles. The minimum absolute atomic E-state index is 0.0166. The fraction of sp³-hybridized carbons (Fsp3) is 0. The van der Waals surface area contributed by atoms with E-state index in [2.05, 4.69) is 0 Å². The number of rotatable bonds is 1. The highest BCUT2D eigenvalue weighted by atomic mass is 35.5. The predicted octanol–water partition coefficient (Wildman–Crippen LogP) is 5.96. The van der Waals surface area contributed by atoms with Crippen molar-refractivity contribution in [1.29, 1.82) is 0 Å². The van der Waals surface area contributed by atoms with Gasteiger partial charge in [0.25, 0.3) is 5.56 Å². The van der Waals surface area contributed by atoms with Crippen molar-refractivity contribution in [2.24, 2.45) is 0 Å². The molecule has 25 heavy (non-hydrogen) atoms. The van der Waals surface area contributed by atoms with Crippen LogP contribution in [0.2, 0.25) is 5.02 Å². The van der Waals surface area contributed by atoms with Gasteiger partial charge in [0.15, 0.2) is 0 Å². The van der Waals surface area contributed by atoms with Crippen molar-refractivity contribution in [1.82, 2.24) is 4.57 Å². The van der Waals surface area contributed by atoms with Crippen LogP contribution in [0.3, 0.4) is 0 Å². The zero-order valence-electron chi connectivity index (χ0n) is 13.1. The Morgan fingerprint density at radius 3 is 2.32 bits per heavy atom. The minimum Gasteiger partial charge on any atom is -0.273 e. The van der Waals surface area contributed by atoms with Crippen molar-refractivity contribution in [3.8, 4) is 16.1 Å². The first-order valence-electron chi connectivity index (χ1n) is 7.95. The highest BCUT2D eigenvalue weighted by molar-refractivity contribution is 7.22. The molecule has 0 saturated heterocycles. The van der Waals surface area contributed by atoms with Crippen LogP contribution in [0, 0.1) is 0 Å². The van der Waals surface area contributed by atoms with Crippen LogP contribution in [0.5, 0.6) is 0 Å². The molecule has 2 nitrogen and oxygen atoms in total. The number of hydrogen-bond acceptors (Lipinski definition) is 2. The molecule has 0 aromatic heterocycles. The SMILES string of the molecule is O=c1c2ccccc2c2c(-c3ccccc3Cl)sc3ccccc3n1-2. The molecular weight excluding hydrogens is 350 g/mol. The summed E-state index contributed by atoms with van der Waals surface area (Å²) in [5.41, 5.74) is 2.83. The summed E-state index contributed by atoms with van der Waals surface area (Å²) in [4.78, 5) is 14.1. The first-order valence-corrected chi connectivity index (χ1v) is 9.15. The summed E-state index contributed by atoms with van der Waals surface area (Å²) in [5, 5.41) is 2.39. The Bertz CT molecular complexity index is 1280. The van der Waals surface area contributed by atoms with Crippen molar-refractivity contribution >= 4 is 43.9 Å². The third-order valence-corrected chi connectivity index (χ3v) is 6.00. The Labute approximate surface area is 152 Å². The summed E-state index contributed by atoms with van der Waals surface area (Å²) < 4.78 is 2.89. The van der Waals surface area contributed by atoms with E-state index in [1.54, 1.807) is 11.3 Å². The fourth-order valence-electron chi connectivity index (χ4n) is 3.39. The Kier molecular flexibility index (Phi) is 3.20. The Morgan fingerprint density at radius 2 is 1.48 bits per heavy atom. The van der Waals surface area contributed by atoms with Crippen LogP contribution < -0.4 is 5.56 Å². The van der Waals surface area contributed by atoms with Crippen LogP contribution >= 0.6 is 22.9 Å². The quantitative estimate of drug-likeness (QED) is 0.361. The van der Waals surface area contributed by atoms with E-state index in [1.807, 2.05) is 77.4 Å². The summed E-state index contributed by atoms with van der Waals surface area (Å²) in [6.07, 6.45) is 0. The van der Waals surface area contributed by atoms with Crippen LogP contribution in [-0.2, 0) is 0 Å². The number of para-hydroxylation sites is 1. The summed E-state index contributed by atoms with van der Waals surface area (Å²) >= 11 is 8.16. The van der Waals surface area contributed by atoms with E-state index in [4.69, 9.17) is 11.6 Å². The molecule has 3 aromatic rings. The third kappa shape index (κ3) is 2.06. The van der Waals surface area contributed by atoms with Crippen LogP contribution in [0.25, 0.3) is 37.1 Å². The molecule has 2 aliphatic rings. The molecule has 120 valence electrons. The zero-order valence-corrected chi connectivity index (χ0v) is 14.6. The van der Waals surface area contributed by atoms with Crippen LogP contribution in [0.4, 0.5) is 0 Å². The van der Waals surface area contributed by atoms with Gasteiger partial charge in [-0.3, -0.25) is 9.36 Å². The molecule has 0 bridgehead atoms. The summed E-state index contributed by atoms with van der Waals surface area (Å²) in [6.45, 7) is 0. The molecule has 0 amide bonds. The first kappa shape index (κ1) is 14.7. The maximum absolute atomic E-state index is 13.1. The molecule has 0 aliphatic carbocycles. The average Bonchev–Trinajstić information content (AvgIpc) is 2.96. The van der Waals surface area contributed by atoms with Gasteiger partial charge in [-0.2, -0.15) is 0 Å². The van der Waals surface area contributed by atoms with Crippen molar-refractivity contribution in [2.45, 2.75) is 0 Å². The molecule has 0 N–H and O–H groups in total. The smallest absolute Gasteiger partial charge is 0.263 e. The minimum atomic E-state index is 0.0166. The fourth-order valence-corrected chi connectivity index (χ4v) is 4.89. The van der Waals surface area contributed by atoms with Crippen LogP contribution in [0.1, 0.15) is 0 Å². The van der Waals surface area contributed by atoms with Gasteiger partial charge in [0, 0.05) is 21.4 Å². The monoisotopic (exact) mass is 361 g/mol. The lowest BCUT2D eigenvalue weighted by atomic mass is 10.1. The van der Waals surface area contributed by atoms with Crippen LogP contribution in [-0.4, -0.2) is 4.57 Å².